The molecule has 0 saturated carbocycles. The third-order valence-electron chi connectivity index (χ3n) is 2.34. The van der Waals surface area contributed by atoms with Gasteiger partial charge in [-0.1, -0.05) is 6.92 Å². The van der Waals surface area contributed by atoms with Gasteiger partial charge in [0, 0.05) is 12.1 Å². The molecule has 0 aromatic rings. The van der Waals surface area contributed by atoms with Gasteiger partial charge in [0.2, 0.25) is 0 Å². The minimum absolute atomic E-state index is 0.0268. The number of hydrogen-bond acceptors (Lipinski definition) is 3. The van der Waals surface area contributed by atoms with E-state index in [9.17, 15) is 0 Å². The molecule has 0 aromatic carbocycles. The number of nitrogens with one attached hydrogen (secondary N) is 1. The summed E-state index contributed by atoms with van der Waals surface area (Å²) < 4.78 is 5.60. The SMILES string of the molecule is CCC(=N)CC1=NC(C)(C)CC(C)O1. The van der Waals surface area contributed by atoms with Gasteiger partial charge in [0.15, 0.2) is 5.90 Å². The fraction of sp³-hybridized carbons (Fsp3) is 0.818. The van der Waals surface area contributed by atoms with Crippen molar-refractivity contribution in [1.29, 1.82) is 5.41 Å². The second-order valence-corrected chi connectivity index (χ2v) is 4.58. The van der Waals surface area contributed by atoms with Gasteiger partial charge in [-0.25, -0.2) is 4.99 Å². The predicted molar refractivity (Wildman–Crippen MR) is 59.3 cm³/mol. The molecule has 0 saturated heterocycles. The second-order valence-electron chi connectivity index (χ2n) is 4.58. The molecule has 0 aliphatic carbocycles. The van der Waals surface area contributed by atoms with Gasteiger partial charge < -0.3 is 10.1 Å². The maximum atomic E-state index is 7.61. The third kappa shape index (κ3) is 3.13. The van der Waals surface area contributed by atoms with E-state index in [0.29, 0.717) is 12.1 Å². The molecule has 80 valence electrons. The summed E-state index contributed by atoms with van der Waals surface area (Å²) in [6.45, 7) is 8.27. The molecule has 1 atom stereocenters. The molecule has 0 radical (unpaired) electrons. The van der Waals surface area contributed by atoms with Crippen molar-refractivity contribution < 1.29 is 4.74 Å². The number of nitrogens with zero attached hydrogens (tertiary/aromatic N) is 1. The highest BCUT2D eigenvalue weighted by Crippen LogP contribution is 2.24. The van der Waals surface area contributed by atoms with Gasteiger partial charge in [0.1, 0.15) is 0 Å². The first kappa shape index (κ1) is 11.2. The monoisotopic (exact) mass is 196 g/mol. The van der Waals surface area contributed by atoms with Crippen molar-refractivity contribution in [1.82, 2.24) is 0 Å². The lowest BCUT2D eigenvalue weighted by Crippen LogP contribution is -2.34. The normalized spacial score (nSPS) is 25.1. The lowest BCUT2D eigenvalue weighted by atomic mass is 9.96. The summed E-state index contributed by atoms with van der Waals surface area (Å²) in [6.07, 6.45) is 2.53. The van der Waals surface area contributed by atoms with Gasteiger partial charge in [0.05, 0.1) is 18.1 Å². The van der Waals surface area contributed by atoms with Crippen LogP contribution < -0.4 is 0 Å². The highest BCUT2D eigenvalue weighted by atomic mass is 16.5. The summed E-state index contributed by atoms with van der Waals surface area (Å²) in [5, 5.41) is 7.61. The molecule has 1 unspecified atom stereocenters. The van der Waals surface area contributed by atoms with Crippen LogP contribution in [0, 0.1) is 5.41 Å². The minimum Gasteiger partial charge on any atom is -0.478 e. The van der Waals surface area contributed by atoms with Gasteiger partial charge in [-0.05, 0) is 27.2 Å². The smallest absolute Gasteiger partial charge is 0.189 e. The number of hydrogen-bond donors (Lipinski definition) is 1. The van der Waals surface area contributed by atoms with E-state index >= 15 is 0 Å². The summed E-state index contributed by atoms with van der Waals surface area (Å²) in [5.74, 6) is 0.737. The van der Waals surface area contributed by atoms with Crippen LogP contribution in [0.25, 0.3) is 0 Å². The van der Waals surface area contributed by atoms with Crippen molar-refractivity contribution in [2.75, 3.05) is 0 Å². The Hall–Kier alpha value is -0.860. The molecule has 1 rings (SSSR count). The van der Waals surface area contributed by atoms with Crippen LogP contribution in [0.5, 0.6) is 0 Å². The van der Waals surface area contributed by atoms with Crippen molar-refractivity contribution in [2.45, 2.75) is 58.6 Å². The molecule has 0 bridgehead atoms. The van der Waals surface area contributed by atoms with Crippen LogP contribution in [0.2, 0.25) is 0 Å². The third-order valence-corrected chi connectivity index (χ3v) is 2.34. The van der Waals surface area contributed by atoms with Crippen molar-refractivity contribution in [3.63, 3.8) is 0 Å². The molecule has 1 aliphatic rings. The summed E-state index contributed by atoms with van der Waals surface area (Å²) >= 11 is 0. The Morgan fingerprint density at radius 2 is 2.29 bits per heavy atom. The average Bonchev–Trinajstić information content (AvgIpc) is 1.99. The molecule has 3 heteroatoms. The van der Waals surface area contributed by atoms with E-state index in [2.05, 4.69) is 25.8 Å². The molecule has 0 fully saturated rings. The summed E-state index contributed by atoms with van der Waals surface area (Å²) in [4.78, 5) is 4.51. The lowest BCUT2D eigenvalue weighted by Gasteiger charge is -2.31. The van der Waals surface area contributed by atoms with E-state index in [0.717, 1.165) is 18.7 Å². The molecular weight excluding hydrogens is 176 g/mol. The zero-order valence-corrected chi connectivity index (χ0v) is 9.55. The van der Waals surface area contributed by atoms with Crippen molar-refractivity contribution >= 4 is 11.6 Å². The number of rotatable bonds is 3. The van der Waals surface area contributed by atoms with E-state index in [1.807, 2.05) is 6.92 Å². The fourth-order valence-electron chi connectivity index (χ4n) is 1.78. The van der Waals surface area contributed by atoms with E-state index in [1.165, 1.54) is 0 Å². The average molecular weight is 196 g/mol. The molecule has 0 aromatic heterocycles. The van der Waals surface area contributed by atoms with E-state index in [4.69, 9.17) is 10.1 Å². The summed E-state index contributed by atoms with van der Waals surface area (Å²) in [7, 11) is 0. The number of ether oxygens (including phenoxy) is 1. The Bertz CT molecular complexity index is 256. The minimum atomic E-state index is -0.0268. The van der Waals surface area contributed by atoms with Crippen LogP contribution in [-0.2, 0) is 4.74 Å². The largest absolute Gasteiger partial charge is 0.478 e. The number of aliphatic imine (C=N–C) groups is 1. The molecule has 1 aliphatic heterocycles. The lowest BCUT2D eigenvalue weighted by molar-refractivity contribution is 0.142. The summed E-state index contributed by atoms with van der Waals surface area (Å²) in [5.41, 5.74) is 0.662. The van der Waals surface area contributed by atoms with Crippen LogP contribution in [0.15, 0.2) is 4.99 Å². The Labute approximate surface area is 86.1 Å². The second kappa shape index (κ2) is 4.11. The van der Waals surface area contributed by atoms with Crippen molar-refractivity contribution in [3.8, 4) is 0 Å². The van der Waals surface area contributed by atoms with Crippen LogP contribution >= 0.6 is 0 Å². The van der Waals surface area contributed by atoms with Crippen LogP contribution in [0.4, 0.5) is 0 Å². The van der Waals surface area contributed by atoms with Gasteiger partial charge in [-0.15, -0.1) is 0 Å². The topological polar surface area (TPSA) is 45.4 Å². The maximum Gasteiger partial charge on any atom is 0.189 e. The molecular formula is C11H20N2O. The van der Waals surface area contributed by atoms with Gasteiger partial charge >= 0.3 is 0 Å². The molecule has 0 spiro atoms. The Balaban J connectivity index is 2.68. The zero-order chi connectivity index (χ0) is 10.8. The van der Waals surface area contributed by atoms with E-state index < -0.39 is 0 Å². The molecule has 3 nitrogen and oxygen atoms in total. The van der Waals surface area contributed by atoms with Gasteiger partial charge in [-0.3, -0.25) is 0 Å². The molecule has 1 N–H and O–H groups in total. The predicted octanol–water partition coefficient (Wildman–Crippen LogP) is 2.79. The van der Waals surface area contributed by atoms with Gasteiger partial charge in [0.25, 0.3) is 0 Å². The molecule has 1 heterocycles. The van der Waals surface area contributed by atoms with Crippen molar-refractivity contribution in [3.05, 3.63) is 0 Å². The van der Waals surface area contributed by atoms with Crippen LogP contribution in [0.3, 0.4) is 0 Å². The standard InChI is InChI=1S/C11H20N2O/c1-5-9(12)6-10-13-11(3,4)7-8(2)14-10/h8,12H,5-7H2,1-4H3. The first-order valence-electron chi connectivity index (χ1n) is 5.24. The molecule has 14 heavy (non-hydrogen) atoms. The van der Waals surface area contributed by atoms with E-state index in [1.54, 1.807) is 0 Å². The van der Waals surface area contributed by atoms with Crippen LogP contribution in [-0.4, -0.2) is 23.3 Å². The zero-order valence-electron chi connectivity index (χ0n) is 9.55. The first-order chi connectivity index (χ1) is 6.43. The van der Waals surface area contributed by atoms with Crippen LogP contribution in [0.1, 0.15) is 47.0 Å². The first-order valence-corrected chi connectivity index (χ1v) is 5.24. The Kier molecular flexibility index (Phi) is 3.29. The quantitative estimate of drug-likeness (QED) is 0.693. The fourth-order valence-corrected chi connectivity index (χ4v) is 1.78. The Morgan fingerprint density at radius 1 is 1.64 bits per heavy atom. The van der Waals surface area contributed by atoms with Gasteiger partial charge in [-0.2, -0.15) is 0 Å². The summed E-state index contributed by atoms with van der Waals surface area (Å²) in [6, 6.07) is 0. The highest BCUT2D eigenvalue weighted by molar-refractivity contribution is 5.99. The van der Waals surface area contributed by atoms with E-state index in [-0.39, 0.29) is 11.6 Å². The van der Waals surface area contributed by atoms with Crippen molar-refractivity contribution in [2.24, 2.45) is 4.99 Å². The highest BCUT2D eigenvalue weighted by Gasteiger charge is 2.27. The maximum absolute atomic E-state index is 7.61. The Morgan fingerprint density at radius 3 is 2.79 bits per heavy atom. The molecule has 0 amide bonds.